The Bertz CT molecular complexity index is 1650. The molecule has 0 amide bonds. The lowest BCUT2D eigenvalue weighted by atomic mass is 9.76. The average molecular weight is 548 g/mol. The van der Waals surface area contributed by atoms with Crippen molar-refractivity contribution >= 4 is 27.9 Å². The van der Waals surface area contributed by atoms with E-state index in [4.69, 9.17) is 4.98 Å². The third-order valence-corrected chi connectivity index (χ3v) is 11.1. The molecule has 41 heavy (non-hydrogen) atoms. The molecule has 5 atom stereocenters. The highest BCUT2D eigenvalue weighted by molar-refractivity contribution is 5.99. The van der Waals surface area contributed by atoms with Gasteiger partial charge in [0.25, 0.3) is 0 Å². The molecule has 5 unspecified atom stereocenters. The Morgan fingerprint density at radius 1 is 1.00 bits per heavy atom. The maximum absolute atomic E-state index is 4.95. The molecule has 1 saturated heterocycles. The molecule has 2 aromatic heterocycles. The maximum atomic E-state index is 4.95. The lowest BCUT2D eigenvalue weighted by Crippen LogP contribution is -2.28. The Kier molecular flexibility index (Phi) is 6.42. The van der Waals surface area contributed by atoms with Crippen LogP contribution in [-0.4, -0.2) is 49.9 Å². The minimum Gasteiger partial charge on any atom is -0.339 e. The lowest BCUT2D eigenvalue weighted by molar-refractivity contribution is -0.711. The summed E-state index contributed by atoms with van der Waals surface area (Å²) < 4.78 is 3.52. The molecule has 1 aliphatic carbocycles. The van der Waals surface area contributed by atoms with E-state index in [0.29, 0.717) is 23.8 Å². The standard InChI is InChI=1S/C36H45N5/c1-7-28-32(25-13-9-8-10-14-25)23(3)40(5)34(28)27-16-12-11-15-26(17-18-27)33-29-19-31(39-36(29)38-21-37-33)30-20-41(6)24(4)35(41)22(30)2/h8-10,13-14,19-21,24,26-28H,7,11-12,15-18H2,1-6H3,(H,37,38,39)/q+2. The largest absolute Gasteiger partial charge is 0.339 e. The van der Waals surface area contributed by atoms with Gasteiger partial charge in [-0.3, -0.25) is 4.48 Å². The van der Waals surface area contributed by atoms with Crippen LogP contribution in [0.15, 0.2) is 65.9 Å². The van der Waals surface area contributed by atoms with Crippen molar-refractivity contribution in [2.24, 2.45) is 11.8 Å². The van der Waals surface area contributed by atoms with Crippen LogP contribution in [0.3, 0.4) is 0 Å². The molecular formula is C36H45N5+2. The number of aromatic amines is 1. The number of likely N-dealkylation sites (N-methyl/N-ethyl adjacent to an activating group) is 1. The lowest BCUT2D eigenvalue weighted by Gasteiger charge is -2.26. The predicted octanol–water partition coefficient (Wildman–Crippen LogP) is 8.04. The van der Waals surface area contributed by atoms with Gasteiger partial charge in [-0.15, -0.1) is 0 Å². The van der Waals surface area contributed by atoms with Crippen molar-refractivity contribution in [3.05, 3.63) is 82.8 Å². The van der Waals surface area contributed by atoms with E-state index in [1.54, 1.807) is 17.7 Å². The second-order valence-corrected chi connectivity index (χ2v) is 13.1. The van der Waals surface area contributed by atoms with Crippen LogP contribution in [0.2, 0.25) is 0 Å². The average Bonchev–Trinajstić information content (AvgIpc) is 3.29. The first-order valence-corrected chi connectivity index (χ1v) is 15.8. The molecule has 0 radical (unpaired) electrons. The van der Waals surface area contributed by atoms with Crippen molar-refractivity contribution in [2.45, 2.75) is 84.6 Å². The fourth-order valence-electron chi connectivity index (χ4n) is 8.68. The maximum Gasteiger partial charge on any atom is 0.182 e. The zero-order valence-electron chi connectivity index (χ0n) is 25.7. The third kappa shape index (κ3) is 4.11. The summed E-state index contributed by atoms with van der Waals surface area (Å²) >= 11 is 0. The summed E-state index contributed by atoms with van der Waals surface area (Å²) in [4.78, 5) is 13.3. The minimum absolute atomic E-state index is 0.473. The Labute approximate surface area is 245 Å². The number of nitrogens with zero attached hydrogens (tertiary/aromatic N) is 4. The molecule has 7 rings (SSSR count). The number of aromatic nitrogens is 3. The molecule has 5 heterocycles. The molecule has 1 saturated carbocycles. The Morgan fingerprint density at radius 3 is 2.44 bits per heavy atom. The minimum atomic E-state index is 0.473. The van der Waals surface area contributed by atoms with E-state index in [1.807, 2.05) is 0 Å². The number of hydrogen-bond donors (Lipinski definition) is 1. The van der Waals surface area contributed by atoms with Crippen molar-refractivity contribution in [1.29, 1.82) is 0 Å². The number of hydrogen-bond acceptors (Lipinski definition) is 2. The highest BCUT2D eigenvalue weighted by atomic mass is 15.5. The highest BCUT2D eigenvalue weighted by Gasteiger charge is 2.60. The fraction of sp³-hybridized carbons (Fsp3) is 0.472. The van der Waals surface area contributed by atoms with Crippen molar-refractivity contribution in [3.63, 3.8) is 0 Å². The van der Waals surface area contributed by atoms with Gasteiger partial charge in [0.1, 0.15) is 25.2 Å². The second kappa shape index (κ2) is 9.90. The number of fused-ring (bicyclic) bond motifs is 2. The quantitative estimate of drug-likeness (QED) is 0.200. The van der Waals surface area contributed by atoms with Gasteiger partial charge in [0, 0.05) is 35.3 Å². The molecule has 3 aromatic rings. The van der Waals surface area contributed by atoms with Gasteiger partial charge in [-0.2, -0.15) is 0 Å². The third-order valence-electron chi connectivity index (χ3n) is 11.1. The van der Waals surface area contributed by atoms with Gasteiger partial charge in [0.2, 0.25) is 0 Å². The van der Waals surface area contributed by atoms with Gasteiger partial charge in [0.15, 0.2) is 23.1 Å². The van der Waals surface area contributed by atoms with Gasteiger partial charge >= 0.3 is 0 Å². The van der Waals surface area contributed by atoms with Crippen LogP contribution in [-0.2, 0) is 0 Å². The molecule has 0 bridgehead atoms. The van der Waals surface area contributed by atoms with Crippen LogP contribution in [0.25, 0.3) is 22.2 Å². The topological polar surface area (TPSA) is 44.6 Å². The molecule has 2 fully saturated rings. The Balaban J connectivity index is 1.16. The van der Waals surface area contributed by atoms with E-state index in [0.717, 1.165) is 16.6 Å². The van der Waals surface area contributed by atoms with E-state index in [-0.39, 0.29) is 0 Å². The summed E-state index contributed by atoms with van der Waals surface area (Å²) in [5, 5.41) is 1.22. The van der Waals surface area contributed by atoms with Gasteiger partial charge in [-0.1, -0.05) is 50.1 Å². The Morgan fingerprint density at radius 2 is 1.73 bits per heavy atom. The summed E-state index contributed by atoms with van der Waals surface area (Å²) in [6, 6.07) is 14.0. The SMILES string of the molecule is CCC1C(c2ccccc2)=C(C)[N+](C)=C1C1CCCCC(c2ncnc3[nH]c(C4=C[N+]5(C)C(=C4C)C5C)cc23)CC1. The van der Waals surface area contributed by atoms with Crippen molar-refractivity contribution in [3.8, 4) is 0 Å². The molecule has 5 heteroatoms. The normalized spacial score (nSPS) is 30.1. The van der Waals surface area contributed by atoms with Gasteiger partial charge in [0.05, 0.1) is 29.9 Å². The van der Waals surface area contributed by atoms with Gasteiger partial charge in [-0.25, -0.2) is 14.5 Å². The molecule has 1 N–H and O–H groups in total. The number of allylic oxidation sites excluding steroid dienone is 4. The molecule has 212 valence electrons. The van der Waals surface area contributed by atoms with Crippen LogP contribution in [0.4, 0.5) is 0 Å². The van der Waals surface area contributed by atoms with Gasteiger partial charge in [-0.05, 0) is 57.6 Å². The molecule has 0 spiro atoms. The number of benzene rings is 1. The van der Waals surface area contributed by atoms with Crippen LogP contribution in [0.5, 0.6) is 0 Å². The van der Waals surface area contributed by atoms with E-state index < -0.39 is 0 Å². The molecule has 5 nitrogen and oxygen atoms in total. The zero-order valence-corrected chi connectivity index (χ0v) is 25.7. The van der Waals surface area contributed by atoms with Crippen LogP contribution in [0, 0.1) is 11.8 Å². The number of nitrogens with one attached hydrogen (secondary N) is 1. The van der Waals surface area contributed by atoms with Crippen molar-refractivity contribution < 1.29 is 9.06 Å². The van der Waals surface area contributed by atoms with E-state index >= 15 is 0 Å². The van der Waals surface area contributed by atoms with Crippen LogP contribution < -0.4 is 0 Å². The summed E-state index contributed by atoms with van der Waals surface area (Å²) in [6.07, 6.45) is 12.8. The van der Waals surface area contributed by atoms with Crippen LogP contribution in [0.1, 0.15) is 95.5 Å². The molecule has 1 aromatic carbocycles. The van der Waals surface area contributed by atoms with Crippen molar-refractivity contribution in [1.82, 2.24) is 15.0 Å². The van der Waals surface area contributed by atoms with Gasteiger partial charge < -0.3 is 4.98 Å². The van der Waals surface area contributed by atoms with Crippen molar-refractivity contribution in [2.75, 3.05) is 14.1 Å². The number of rotatable bonds is 5. The van der Waals surface area contributed by atoms with E-state index in [9.17, 15) is 0 Å². The van der Waals surface area contributed by atoms with E-state index in [2.05, 4.69) is 98.9 Å². The summed E-state index contributed by atoms with van der Waals surface area (Å²) in [5.41, 5.74) is 13.7. The van der Waals surface area contributed by atoms with E-state index in [1.165, 1.54) is 83.3 Å². The fourth-order valence-corrected chi connectivity index (χ4v) is 8.68. The summed E-state index contributed by atoms with van der Waals surface area (Å²) in [6.45, 7) is 9.30. The van der Waals surface area contributed by atoms with Crippen LogP contribution >= 0.6 is 0 Å². The number of H-pyrrole nitrogens is 1. The molecular weight excluding hydrogens is 502 g/mol. The summed E-state index contributed by atoms with van der Waals surface area (Å²) in [5.74, 6) is 1.60. The predicted molar refractivity (Wildman–Crippen MR) is 168 cm³/mol. The number of quaternary nitrogens is 1. The molecule has 4 aliphatic rings. The first-order chi connectivity index (χ1) is 19.8. The highest BCUT2D eigenvalue weighted by Crippen LogP contribution is 2.54. The summed E-state index contributed by atoms with van der Waals surface area (Å²) in [7, 11) is 4.63. The first-order valence-electron chi connectivity index (χ1n) is 15.8. The zero-order chi connectivity index (χ0) is 28.5. The molecule has 3 aliphatic heterocycles. The Hall–Kier alpha value is -3.31. The second-order valence-electron chi connectivity index (χ2n) is 13.1. The monoisotopic (exact) mass is 547 g/mol. The first kappa shape index (κ1) is 26.6. The smallest absolute Gasteiger partial charge is 0.182 e.